The molecule has 1 aromatic rings. The molecule has 1 aliphatic rings. The summed E-state index contributed by atoms with van der Waals surface area (Å²) in [6, 6.07) is 4.56. The summed E-state index contributed by atoms with van der Waals surface area (Å²) in [6.45, 7) is 0. The molecule has 0 spiro atoms. The average molecular weight is 349 g/mol. The maximum absolute atomic E-state index is 13.4. The molecule has 0 bridgehead atoms. The van der Waals surface area contributed by atoms with Gasteiger partial charge in [0.1, 0.15) is 5.82 Å². The van der Waals surface area contributed by atoms with Crippen LogP contribution in [0.3, 0.4) is 0 Å². The summed E-state index contributed by atoms with van der Waals surface area (Å²) < 4.78 is 13.6. The highest BCUT2D eigenvalue weighted by molar-refractivity contribution is 9.10. The highest BCUT2D eigenvalue weighted by atomic mass is 79.9. The van der Waals surface area contributed by atoms with E-state index in [1.165, 1.54) is 12.1 Å². The van der Waals surface area contributed by atoms with E-state index in [9.17, 15) is 9.18 Å². The van der Waals surface area contributed by atoms with Gasteiger partial charge in [-0.1, -0.05) is 18.9 Å². The maximum atomic E-state index is 13.4. The van der Waals surface area contributed by atoms with Crippen LogP contribution in [0.15, 0.2) is 22.7 Å². The summed E-state index contributed by atoms with van der Waals surface area (Å²) in [4.78, 5) is 12.2. The molecule has 5 heteroatoms. The van der Waals surface area contributed by atoms with E-state index in [0.717, 1.165) is 25.7 Å². The lowest BCUT2D eigenvalue weighted by Crippen LogP contribution is -2.42. The van der Waals surface area contributed by atoms with Gasteiger partial charge < -0.3 is 5.32 Å². The Morgan fingerprint density at radius 3 is 2.89 bits per heavy atom. The summed E-state index contributed by atoms with van der Waals surface area (Å²) in [6.07, 6.45) is 4.24. The number of amides is 1. The number of benzene rings is 1. The van der Waals surface area contributed by atoms with Crippen LogP contribution >= 0.6 is 27.5 Å². The fourth-order valence-corrected chi connectivity index (χ4v) is 3.32. The van der Waals surface area contributed by atoms with Crippen molar-refractivity contribution in [3.8, 4) is 0 Å². The highest BCUT2D eigenvalue weighted by Gasteiger charge is 2.26. The molecule has 0 aliphatic heterocycles. The molecule has 19 heavy (non-hydrogen) atoms. The third-order valence-electron chi connectivity index (χ3n) is 3.62. The van der Waals surface area contributed by atoms with E-state index < -0.39 is 5.82 Å². The summed E-state index contributed by atoms with van der Waals surface area (Å²) in [5.41, 5.74) is 0.332. The summed E-state index contributed by atoms with van der Waals surface area (Å²) in [7, 11) is 0. The molecule has 0 heterocycles. The predicted octanol–water partition coefficient (Wildman–Crippen LogP) is 4.12. The lowest BCUT2D eigenvalue weighted by Gasteiger charge is -2.30. The summed E-state index contributed by atoms with van der Waals surface area (Å²) >= 11 is 9.06. The lowest BCUT2D eigenvalue weighted by molar-refractivity contribution is 0.0910. The van der Waals surface area contributed by atoms with E-state index in [4.69, 9.17) is 11.6 Å². The number of hydrogen-bond acceptors (Lipinski definition) is 1. The zero-order valence-electron chi connectivity index (χ0n) is 10.5. The quantitative estimate of drug-likeness (QED) is 0.818. The van der Waals surface area contributed by atoms with Gasteiger partial charge in [0.15, 0.2) is 0 Å². The van der Waals surface area contributed by atoms with Crippen LogP contribution < -0.4 is 5.32 Å². The van der Waals surface area contributed by atoms with Crippen LogP contribution in [0, 0.1) is 11.7 Å². The predicted molar refractivity (Wildman–Crippen MR) is 78.0 cm³/mol. The molecular formula is C14H16BrClFNO. The van der Waals surface area contributed by atoms with E-state index >= 15 is 0 Å². The molecule has 1 aromatic carbocycles. The topological polar surface area (TPSA) is 29.1 Å². The SMILES string of the molecule is O=C(NC1CCCCC1CCl)c1cccc(F)c1Br. The van der Waals surface area contributed by atoms with Gasteiger partial charge in [0, 0.05) is 11.9 Å². The number of halogens is 3. The molecule has 1 saturated carbocycles. The van der Waals surface area contributed by atoms with Crippen LogP contribution in [-0.2, 0) is 0 Å². The second kappa shape index (κ2) is 6.71. The van der Waals surface area contributed by atoms with Gasteiger partial charge in [-0.05, 0) is 46.8 Å². The van der Waals surface area contributed by atoms with Crippen molar-refractivity contribution in [2.45, 2.75) is 31.7 Å². The van der Waals surface area contributed by atoms with Gasteiger partial charge in [-0.25, -0.2) is 4.39 Å². The number of hydrogen-bond donors (Lipinski definition) is 1. The fourth-order valence-electron chi connectivity index (χ4n) is 2.51. The third kappa shape index (κ3) is 3.48. The van der Waals surface area contributed by atoms with Gasteiger partial charge in [-0.2, -0.15) is 0 Å². The average Bonchev–Trinajstić information content (AvgIpc) is 2.42. The fraction of sp³-hybridized carbons (Fsp3) is 0.500. The summed E-state index contributed by atoms with van der Waals surface area (Å²) in [5.74, 6) is 0.195. The monoisotopic (exact) mass is 347 g/mol. The van der Waals surface area contributed by atoms with Gasteiger partial charge in [-0.3, -0.25) is 4.79 Å². The van der Waals surface area contributed by atoms with Crippen molar-refractivity contribution in [3.63, 3.8) is 0 Å². The molecule has 1 N–H and O–H groups in total. The van der Waals surface area contributed by atoms with Crippen LogP contribution in [0.4, 0.5) is 4.39 Å². The van der Waals surface area contributed by atoms with Gasteiger partial charge >= 0.3 is 0 Å². The standard InChI is InChI=1S/C14H16BrClFNO/c15-13-10(5-3-6-11(13)17)14(19)18-12-7-2-1-4-9(12)8-16/h3,5-6,9,12H,1-2,4,7-8H2,(H,18,19). The molecule has 2 unspecified atom stereocenters. The van der Waals surface area contributed by atoms with Gasteiger partial charge in [-0.15, -0.1) is 11.6 Å². The first-order valence-electron chi connectivity index (χ1n) is 6.44. The number of carbonyl (C=O) groups is 1. The number of rotatable bonds is 3. The van der Waals surface area contributed by atoms with Crippen molar-refractivity contribution in [2.75, 3.05) is 5.88 Å². The molecular weight excluding hydrogens is 333 g/mol. The minimum Gasteiger partial charge on any atom is -0.349 e. The van der Waals surface area contributed by atoms with Crippen LogP contribution in [0.5, 0.6) is 0 Å². The first kappa shape index (κ1) is 14.8. The van der Waals surface area contributed by atoms with E-state index in [2.05, 4.69) is 21.2 Å². The second-order valence-electron chi connectivity index (χ2n) is 4.88. The molecule has 1 aliphatic carbocycles. The Balaban J connectivity index is 2.09. The minimum absolute atomic E-state index is 0.0916. The van der Waals surface area contributed by atoms with Crippen molar-refractivity contribution in [2.24, 2.45) is 5.92 Å². The van der Waals surface area contributed by atoms with Gasteiger partial charge in [0.25, 0.3) is 5.91 Å². The molecule has 2 nitrogen and oxygen atoms in total. The minimum atomic E-state index is -0.426. The van der Waals surface area contributed by atoms with Crippen LogP contribution in [0.2, 0.25) is 0 Å². The van der Waals surface area contributed by atoms with E-state index in [-0.39, 0.29) is 16.4 Å². The first-order chi connectivity index (χ1) is 9.13. The largest absolute Gasteiger partial charge is 0.349 e. The maximum Gasteiger partial charge on any atom is 0.252 e. The highest BCUT2D eigenvalue weighted by Crippen LogP contribution is 2.26. The molecule has 0 radical (unpaired) electrons. The van der Waals surface area contributed by atoms with E-state index in [1.54, 1.807) is 6.07 Å². The Bertz CT molecular complexity index is 469. The molecule has 0 aromatic heterocycles. The zero-order chi connectivity index (χ0) is 13.8. The molecule has 2 rings (SSSR count). The van der Waals surface area contributed by atoms with Crippen molar-refractivity contribution in [1.29, 1.82) is 0 Å². The lowest BCUT2D eigenvalue weighted by atomic mass is 9.85. The molecule has 1 fully saturated rings. The zero-order valence-corrected chi connectivity index (χ0v) is 12.8. The molecule has 104 valence electrons. The molecule has 0 saturated heterocycles. The van der Waals surface area contributed by atoms with E-state index in [0.29, 0.717) is 17.4 Å². The first-order valence-corrected chi connectivity index (χ1v) is 7.77. The normalized spacial score (nSPS) is 23.1. The number of carbonyl (C=O) groups excluding carboxylic acids is 1. The van der Waals surface area contributed by atoms with Crippen molar-refractivity contribution < 1.29 is 9.18 Å². The smallest absolute Gasteiger partial charge is 0.252 e. The van der Waals surface area contributed by atoms with Crippen LogP contribution in [-0.4, -0.2) is 17.8 Å². The Morgan fingerprint density at radius 2 is 2.16 bits per heavy atom. The van der Waals surface area contributed by atoms with Gasteiger partial charge in [0.2, 0.25) is 0 Å². The number of alkyl halides is 1. The van der Waals surface area contributed by atoms with Gasteiger partial charge in [0.05, 0.1) is 10.0 Å². The van der Waals surface area contributed by atoms with Crippen molar-refractivity contribution in [1.82, 2.24) is 5.32 Å². The Labute approximate surface area is 125 Å². The number of nitrogens with one attached hydrogen (secondary N) is 1. The van der Waals surface area contributed by atoms with Crippen molar-refractivity contribution in [3.05, 3.63) is 34.1 Å². The molecule has 2 atom stereocenters. The van der Waals surface area contributed by atoms with Crippen LogP contribution in [0.25, 0.3) is 0 Å². The van der Waals surface area contributed by atoms with Crippen molar-refractivity contribution >= 4 is 33.4 Å². The second-order valence-corrected chi connectivity index (χ2v) is 5.98. The Kier molecular flexibility index (Phi) is 5.22. The van der Waals surface area contributed by atoms with Crippen LogP contribution in [0.1, 0.15) is 36.0 Å². The third-order valence-corrected chi connectivity index (χ3v) is 4.82. The summed E-state index contributed by atoms with van der Waals surface area (Å²) in [5, 5.41) is 2.98. The molecule has 1 amide bonds. The Morgan fingerprint density at radius 1 is 1.42 bits per heavy atom. The Hall–Kier alpha value is -0.610. The van der Waals surface area contributed by atoms with E-state index in [1.807, 2.05) is 0 Å².